The number of aryl methyl sites for hydroxylation is 1. The maximum absolute atomic E-state index is 12.7. The molecular weight excluding hydrogens is 235 g/mol. The van der Waals surface area contributed by atoms with Crippen molar-refractivity contribution in [2.75, 3.05) is 0 Å². The predicted molar refractivity (Wildman–Crippen MR) is 64.1 cm³/mol. The van der Waals surface area contributed by atoms with E-state index in [4.69, 9.17) is 10.3 Å². The topological polar surface area (TPSA) is 77.8 Å². The fourth-order valence-corrected chi connectivity index (χ4v) is 1.54. The molecule has 0 fully saturated rings. The molecule has 0 radical (unpaired) electrons. The Labute approximate surface area is 104 Å². The minimum Gasteiger partial charge on any atom is -0.339 e. The number of aromatic nitrogens is 3. The van der Waals surface area contributed by atoms with Gasteiger partial charge in [0.25, 0.3) is 0 Å². The van der Waals surface area contributed by atoms with E-state index in [2.05, 4.69) is 15.1 Å². The first-order valence-corrected chi connectivity index (χ1v) is 5.85. The van der Waals surface area contributed by atoms with Gasteiger partial charge in [0.1, 0.15) is 11.5 Å². The van der Waals surface area contributed by atoms with Crippen LogP contribution in [0.5, 0.6) is 0 Å². The van der Waals surface area contributed by atoms with E-state index >= 15 is 0 Å². The van der Waals surface area contributed by atoms with Crippen LogP contribution in [-0.4, -0.2) is 21.2 Å². The zero-order valence-corrected chi connectivity index (χ0v) is 10.1. The quantitative estimate of drug-likeness (QED) is 0.877. The van der Waals surface area contributed by atoms with Gasteiger partial charge in [0.05, 0.1) is 6.20 Å². The third-order valence-corrected chi connectivity index (χ3v) is 2.47. The SMILES string of the molecule is CC(N)CCCc1nc(-c2ccc(F)cn2)no1. The molecule has 2 aromatic rings. The van der Waals surface area contributed by atoms with Gasteiger partial charge >= 0.3 is 0 Å². The number of halogens is 1. The average Bonchev–Trinajstić information content (AvgIpc) is 2.78. The van der Waals surface area contributed by atoms with Crippen molar-refractivity contribution in [3.8, 4) is 11.5 Å². The summed E-state index contributed by atoms with van der Waals surface area (Å²) in [6.45, 7) is 1.96. The van der Waals surface area contributed by atoms with Gasteiger partial charge in [0.2, 0.25) is 11.7 Å². The summed E-state index contributed by atoms with van der Waals surface area (Å²) in [6, 6.07) is 3.01. The zero-order valence-electron chi connectivity index (χ0n) is 10.1. The smallest absolute Gasteiger partial charge is 0.227 e. The van der Waals surface area contributed by atoms with Crippen molar-refractivity contribution in [2.24, 2.45) is 5.73 Å². The second-order valence-electron chi connectivity index (χ2n) is 4.24. The van der Waals surface area contributed by atoms with E-state index in [1.807, 2.05) is 6.92 Å². The summed E-state index contributed by atoms with van der Waals surface area (Å²) in [7, 11) is 0. The third kappa shape index (κ3) is 3.33. The molecule has 2 heterocycles. The molecule has 1 atom stereocenters. The lowest BCUT2D eigenvalue weighted by molar-refractivity contribution is 0.373. The van der Waals surface area contributed by atoms with Gasteiger partial charge in [-0.15, -0.1) is 0 Å². The highest BCUT2D eigenvalue weighted by Crippen LogP contribution is 2.14. The second kappa shape index (κ2) is 5.68. The molecule has 2 N–H and O–H groups in total. The average molecular weight is 250 g/mol. The molecule has 0 saturated heterocycles. The van der Waals surface area contributed by atoms with Gasteiger partial charge < -0.3 is 10.3 Å². The van der Waals surface area contributed by atoms with Crippen molar-refractivity contribution >= 4 is 0 Å². The molecule has 18 heavy (non-hydrogen) atoms. The standard InChI is InChI=1S/C12H15FN4O/c1-8(14)3-2-4-11-16-12(17-18-11)10-6-5-9(13)7-15-10/h5-8H,2-4,14H2,1H3. The molecule has 0 amide bonds. The van der Waals surface area contributed by atoms with Crippen LogP contribution in [0.4, 0.5) is 4.39 Å². The van der Waals surface area contributed by atoms with Gasteiger partial charge in [-0.05, 0) is 31.9 Å². The fourth-order valence-electron chi connectivity index (χ4n) is 1.54. The Bertz CT molecular complexity index is 495. The molecule has 96 valence electrons. The van der Waals surface area contributed by atoms with Gasteiger partial charge in [0.15, 0.2) is 0 Å². The highest BCUT2D eigenvalue weighted by Gasteiger charge is 2.09. The monoisotopic (exact) mass is 250 g/mol. The minimum absolute atomic E-state index is 0.172. The molecule has 0 aromatic carbocycles. The highest BCUT2D eigenvalue weighted by atomic mass is 19.1. The molecule has 6 heteroatoms. The van der Waals surface area contributed by atoms with E-state index in [0.717, 1.165) is 19.0 Å². The van der Waals surface area contributed by atoms with E-state index in [-0.39, 0.29) is 11.9 Å². The summed E-state index contributed by atoms with van der Waals surface area (Å²) in [5, 5.41) is 3.81. The van der Waals surface area contributed by atoms with E-state index < -0.39 is 0 Å². The molecular formula is C12H15FN4O. The Morgan fingerprint density at radius 3 is 2.94 bits per heavy atom. The van der Waals surface area contributed by atoms with Crippen LogP contribution < -0.4 is 5.73 Å². The van der Waals surface area contributed by atoms with Gasteiger partial charge in [0, 0.05) is 12.5 Å². The van der Waals surface area contributed by atoms with Crippen LogP contribution in [0.25, 0.3) is 11.5 Å². The number of hydrogen-bond donors (Lipinski definition) is 1. The van der Waals surface area contributed by atoms with Gasteiger partial charge in [-0.3, -0.25) is 0 Å². The Balaban J connectivity index is 1.99. The molecule has 0 spiro atoms. The van der Waals surface area contributed by atoms with E-state index in [1.54, 1.807) is 0 Å². The molecule has 2 rings (SSSR count). The summed E-state index contributed by atoms with van der Waals surface area (Å²) in [5.41, 5.74) is 6.15. The van der Waals surface area contributed by atoms with Crippen molar-refractivity contribution in [1.29, 1.82) is 0 Å². The largest absolute Gasteiger partial charge is 0.339 e. The normalized spacial score (nSPS) is 12.6. The summed E-state index contributed by atoms with van der Waals surface area (Å²) < 4.78 is 17.8. The lowest BCUT2D eigenvalue weighted by Gasteiger charge is -2.00. The van der Waals surface area contributed by atoms with Crippen LogP contribution in [-0.2, 0) is 6.42 Å². The van der Waals surface area contributed by atoms with Crippen molar-refractivity contribution in [3.05, 3.63) is 30.0 Å². The lowest BCUT2D eigenvalue weighted by Crippen LogP contribution is -2.14. The molecule has 5 nitrogen and oxygen atoms in total. The van der Waals surface area contributed by atoms with Crippen molar-refractivity contribution in [3.63, 3.8) is 0 Å². The number of hydrogen-bond acceptors (Lipinski definition) is 5. The van der Waals surface area contributed by atoms with Crippen molar-refractivity contribution in [2.45, 2.75) is 32.2 Å². The molecule has 0 aliphatic carbocycles. The Kier molecular flexibility index (Phi) is 3.99. The van der Waals surface area contributed by atoms with Gasteiger partial charge in [-0.25, -0.2) is 9.37 Å². The van der Waals surface area contributed by atoms with Gasteiger partial charge in [-0.2, -0.15) is 4.98 Å². The van der Waals surface area contributed by atoms with Crippen LogP contribution in [0.15, 0.2) is 22.9 Å². The van der Waals surface area contributed by atoms with E-state index in [0.29, 0.717) is 23.8 Å². The number of nitrogens with zero attached hydrogens (tertiary/aromatic N) is 3. The molecule has 0 aliphatic heterocycles. The highest BCUT2D eigenvalue weighted by molar-refractivity contribution is 5.47. The predicted octanol–water partition coefficient (Wildman–Crippen LogP) is 1.94. The van der Waals surface area contributed by atoms with Crippen LogP contribution >= 0.6 is 0 Å². The van der Waals surface area contributed by atoms with E-state index in [1.165, 1.54) is 12.1 Å². The second-order valence-corrected chi connectivity index (χ2v) is 4.24. The Morgan fingerprint density at radius 1 is 1.44 bits per heavy atom. The van der Waals surface area contributed by atoms with Crippen LogP contribution in [0.2, 0.25) is 0 Å². The fraction of sp³-hybridized carbons (Fsp3) is 0.417. The van der Waals surface area contributed by atoms with Crippen LogP contribution in [0, 0.1) is 5.82 Å². The van der Waals surface area contributed by atoms with Crippen LogP contribution in [0.1, 0.15) is 25.7 Å². The van der Waals surface area contributed by atoms with Crippen molar-refractivity contribution in [1.82, 2.24) is 15.1 Å². The first kappa shape index (κ1) is 12.6. The van der Waals surface area contributed by atoms with Crippen LogP contribution in [0.3, 0.4) is 0 Å². The molecule has 0 aliphatic rings. The first-order valence-electron chi connectivity index (χ1n) is 5.85. The number of rotatable bonds is 5. The first-order chi connectivity index (χ1) is 8.65. The summed E-state index contributed by atoms with van der Waals surface area (Å²) in [5.74, 6) is 0.543. The Hall–Kier alpha value is -1.82. The van der Waals surface area contributed by atoms with Crippen molar-refractivity contribution < 1.29 is 8.91 Å². The molecule has 0 saturated carbocycles. The summed E-state index contributed by atoms with van der Waals surface area (Å²) >= 11 is 0. The summed E-state index contributed by atoms with van der Waals surface area (Å²) in [6.07, 6.45) is 3.62. The molecule has 1 unspecified atom stereocenters. The minimum atomic E-state index is -0.389. The van der Waals surface area contributed by atoms with E-state index in [9.17, 15) is 4.39 Å². The third-order valence-electron chi connectivity index (χ3n) is 2.47. The lowest BCUT2D eigenvalue weighted by atomic mass is 10.1. The Morgan fingerprint density at radius 2 is 2.28 bits per heavy atom. The zero-order chi connectivity index (χ0) is 13.0. The number of nitrogens with two attached hydrogens (primary N) is 1. The molecule has 2 aromatic heterocycles. The maximum atomic E-state index is 12.7. The number of pyridine rings is 1. The maximum Gasteiger partial charge on any atom is 0.227 e. The van der Waals surface area contributed by atoms with Gasteiger partial charge in [-0.1, -0.05) is 5.16 Å². The summed E-state index contributed by atoms with van der Waals surface area (Å²) in [4.78, 5) is 8.09. The molecule has 0 bridgehead atoms.